The summed E-state index contributed by atoms with van der Waals surface area (Å²) in [5.74, 6) is 0.572. The predicted octanol–water partition coefficient (Wildman–Crippen LogP) is 2.71. The first kappa shape index (κ1) is 13.5. The van der Waals surface area contributed by atoms with Gasteiger partial charge < -0.3 is 4.57 Å². The van der Waals surface area contributed by atoms with Crippen molar-refractivity contribution in [3.05, 3.63) is 29.8 Å². The summed E-state index contributed by atoms with van der Waals surface area (Å²) < 4.78 is 15.3. The highest BCUT2D eigenvalue weighted by molar-refractivity contribution is 5.76. The Morgan fingerprint density at radius 1 is 1.47 bits per heavy atom. The summed E-state index contributed by atoms with van der Waals surface area (Å²) in [6.07, 6.45) is 0.413. The third-order valence-corrected chi connectivity index (χ3v) is 3.34. The fraction of sp³-hybridized carbons (Fsp3) is 0.429. The van der Waals surface area contributed by atoms with E-state index >= 15 is 0 Å². The first-order chi connectivity index (χ1) is 9.04. The minimum atomic E-state index is -0.290. The molecule has 2 rings (SSSR count). The molecule has 0 fully saturated rings. The van der Waals surface area contributed by atoms with Crippen LogP contribution in [0.1, 0.15) is 25.2 Å². The van der Waals surface area contributed by atoms with Gasteiger partial charge in [0.05, 0.1) is 29.6 Å². The van der Waals surface area contributed by atoms with Crippen LogP contribution in [0.4, 0.5) is 4.39 Å². The van der Waals surface area contributed by atoms with Gasteiger partial charge in [-0.3, -0.25) is 4.90 Å². The summed E-state index contributed by atoms with van der Waals surface area (Å²) in [7, 11) is 3.94. The lowest BCUT2D eigenvalue weighted by Crippen LogP contribution is -2.21. The molecule has 19 heavy (non-hydrogen) atoms. The average Bonchev–Trinajstić information content (AvgIpc) is 2.72. The van der Waals surface area contributed by atoms with Crippen LogP contribution in [0, 0.1) is 17.1 Å². The summed E-state index contributed by atoms with van der Waals surface area (Å²) in [6, 6.07) is 6.83. The van der Waals surface area contributed by atoms with Gasteiger partial charge in [0.1, 0.15) is 11.6 Å². The molecule has 100 valence electrons. The summed E-state index contributed by atoms with van der Waals surface area (Å²) in [5, 5.41) is 8.77. The van der Waals surface area contributed by atoms with Crippen molar-refractivity contribution in [1.29, 1.82) is 5.26 Å². The van der Waals surface area contributed by atoms with Gasteiger partial charge in [-0.25, -0.2) is 9.37 Å². The van der Waals surface area contributed by atoms with Crippen molar-refractivity contribution in [3.8, 4) is 6.07 Å². The second-order valence-electron chi connectivity index (χ2n) is 4.80. The van der Waals surface area contributed by atoms with E-state index in [4.69, 9.17) is 5.26 Å². The van der Waals surface area contributed by atoms with Crippen molar-refractivity contribution in [2.45, 2.75) is 25.9 Å². The van der Waals surface area contributed by atoms with Gasteiger partial charge in [-0.05, 0) is 33.2 Å². The standard InChI is InChI=1S/C14H17FN4/c1-10(18(2)3)14-17-12-9-11(15)5-6-13(12)19(14)8-4-7-16/h5-6,9-10H,4,8H2,1-3H3. The zero-order valence-electron chi connectivity index (χ0n) is 11.4. The molecule has 0 aliphatic rings. The van der Waals surface area contributed by atoms with Gasteiger partial charge in [-0.1, -0.05) is 0 Å². The molecular formula is C14H17FN4. The number of aryl methyl sites for hydroxylation is 1. The average molecular weight is 260 g/mol. The SMILES string of the molecule is CC(c1nc2cc(F)ccc2n1CCC#N)N(C)C. The van der Waals surface area contributed by atoms with Gasteiger partial charge >= 0.3 is 0 Å². The molecular weight excluding hydrogens is 243 g/mol. The Balaban J connectivity index is 2.57. The number of aromatic nitrogens is 2. The summed E-state index contributed by atoms with van der Waals surface area (Å²) in [4.78, 5) is 6.56. The Labute approximate surface area is 112 Å². The first-order valence-electron chi connectivity index (χ1n) is 6.23. The van der Waals surface area contributed by atoms with Crippen molar-refractivity contribution in [2.24, 2.45) is 0 Å². The van der Waals surface area contributed by atoms with E-state index in [0.29, 0.717) is 18.5 Å². The maximum absolute atomic E-state index is 13.3. The molecule has 0 saturated carbocycles. The number of hydrogen-bond donors (Lipinski definition) is 0. The molecule has 1 aromatic carbocycles. The largest absolute Gasteiger partial charge is 0.326 e. The highest BCUT2D eigenvalue weighted by Gasteiger charge is 2.18. The van der Waals surface area contributed by atoms with Crippen molar-refractivity contribution in [3.63, 3.8) is 0 Å². The predicted molar refractivity (Wildman–Crippen MR) is 72.0 cm³/mol. The molecule has 0 spiro atoms. The van der Waals surface area contributed by atoms with Crippen LogP contribution in [0.25, 0.3) is 11.0 Å². The zero-order valence-corrected chi connectivity index (χ0v) is 11.4. The third-order valence-electron chi connectivity index (χ3n) is 3.34. The number of imidazole rings is 1. The van der Waals surface area contributed by atoms with E-state index in [1.165, 1.54) is 12.1 Å². The normalized spacial score (nSPS) is 12.8. The van der Waals surface area contributed by atoms with Gasteiger partial charge in [0.15, 0.2) is 0 Å². The van der Waals surface area contributed by atoms with E-state index in [0.717, 1.165) is 11.3 Å². The van der Waals surface area contributed by atoms with Crippen LogP contribution >= 0.6 is 0 Å². The topological polar surface area (TPSA) is 44.9 Å². The Morgan fingerprint density at radius 2 is 2.21 bits per heavy atom. The van der Waals surface area contributed by atoms with Crippen molar-refractivity contribution < 1.29 is 4.39 Å². The molecule has 1 unspecified atom stereocenters. The molecule has 0 radical (unpaired) electrons. The smallest absolute Gasteiger partial charge is 0.127 e. The quantitative estimate of drug-likeness (QED) is 0.849. The van der Waals surface area contributed by atoms with E-state index in [-0.39, 0.29) is 11.9 Å². The van der Waals surface area contributed by atoms with Gasteiger partial charge in [0.25, 0.3) is 0 Å². The van der Waals surface area contributed by atoms with E-state index in [2.05, 4.69) is 11.1 Å². The second kappa shape index (κ2) is 5.37. The molecule has 0 N–H and O–H groups in total. The monoisotopic (exact) mass is 260 g/mol. The van der Waals surface area contributed by atoms with E-state index in [9.17, 15) is 4.39 Å². The van der Waals surface area contributed by atoms with Gasteiger partial charge in [-0.2, -0.15) is 5.26 Å². The Morgan fingerprint density at radius 3 is 2.84 bits per heavy atom. The second-order valence-corrected chi connectivity index (χ2v) is 4.80. The molecule has 1 aromatic heterocycles. The molecule has 0 amide bonds. The minimum Gasteiger partial charge on any atom is -0.326 e. The van der Waals surface area contributed by atoms with Crippen LogP contribution in [0.5, 0.6) is 0 Å². The number of benzene rings is 1. The lowest BCUT2D eigenvalue weighted by atomic mass is 10.3. The summed E-state index contributed by atoms with van der Waals surface area (Å²) >= 11 is 0. The van der Waals surface area contributed by atoms with Gasteiger partial charge in [-0.15, -0.1) is 0 Å². The van der Waals surface area contributed by atoms with Crippen LogP contribution in [-0.2, 0) is 6.54 Å². The molecule has 1 heterocycles. The van der Waals surface area contributed by atoms with Gasteiger partial charge in [0.2, 0.25) is 0 Å². The number of nitrogens with zero attached hydrogens (tertiary/aromatic N) is 4. The lowest BCUT2D eigenvalue weighted by molar-refractivity contribution is 0.302. The van der Waals surface area contributed by atoms with Crippen LogP contribution in [0.2, 0.25) is 0 Å². The van der Waals surface area contributed by atoms with Crippen LogP contribution in [0.15, 0.2) is 18.2 Å². The van der Waals surface area contributed by atoms with Crippen molar-refractivity contribution in [2.75, 3.05) is 14.1 Å². The third kappa shape index (κ3) is 2.59. The van der Waals surface area contributed by atoms with E-state index in [1.807, 2.05) is 30.5 Å². The molecule has 0 saturated heterocycles. The number of hydrogen-bond acceptors (Lipinski definition) is 3. The van der Waals surface area contributed by atoms with Crippen molar-refractivity contribution >= 4 is 11.0 Å². The highest BCUT2D eigenvalue weighted by atomic mass is 19.1. The lowest BCUT2D eigenvalue weighted by Gasteiger charge is -2.20. The van der Waals surface area contributed by atoms with Crippen LogP contribution < -0.4 is 0 Å². The molecule has 0 aliphatic heterocycles. The molecule has 0 bridgehead atoms. The van der Waals surface area contributed by atoms with Crippen LogP contribution in [0.3, 0.4) is 0 Å². The number of halogens is 1. The van der Waals surface area contributed by atoms with Crippen molar-refractivity contribution in [1.82, 2.24) is 14.5 Å². The van der Waals surface area contributed by atoms with E-state index < -0.39 is 0 Å². The van der Waals surface area contributed by atoms with Gasteiger partial charge in [0, 0.05) is 12.6 Å². The first-order valence-corrected chi connectivity index (χ1v) is 6.23. The fourth-order valence-corrected chi connectivity index (χ4v) is 2.07. The maximum atomic E-state index is 13.3. The number of fused-ring (bicyclic) bond motifs is 1. The number of rotatable bonds is 4. The maximum Gasteiger partial charge on any atom is 0.127 e. The Bertz CT molecular complexity index is 624. The minimum absolute atomic E-state index is 0.106. The Kier molecular flexibility index (Phi) is 3.82. The molecule has 2 aromatic rings. The fourth-order valence-electron chi connectivity index (χ4n) is 2.07. The zero-order chi connectivity index (χ0) is 14.0. The molecule has 0 aliphatic carbocycles. The van der Waals surface area contributed by atoms with Crippen LogP contribution in [-0.4, -0.2) is 28.5 Å². The highest BCUT2D eigenvalue weighted by Crippen LogP contribution is 2.24. The molecule has 5 heteroatoms. The Hall–Kier alpha value is -1.93. The van der Waals surface area contributed by atoms with E-state index in [1.54, 1.807) is 6.07 Å². The molecule has 4 nitrogen and oxygen atoms in total. The summed E-state index contributed by atoms with van der Waals surface area (Å²) in [5.41, 5.74) is 1.52. The molecule has 1 atom stereocenters. The number of nitriles is 1. The summed E-state index contributed by atoms with van der Waals surface area (Å²) in [6.45, 7) is 2.62.